The van der Waals surface area contributed by atoms with Crippen LogP contribution in [-0.2, 0) is 0 Å². The van der Waals surface area contributed by atoms with Crippen molar-refractivity contribution in [3.05, 3.63) is 4.91 Å². The number of nitroso groups, excluding NO2 is 1. The molecular formula is C10H19NO. The van der Waals surface area contributed by atoms with E-state index in [1.165, 1.54) is 32.1 Å². The highest BCUT2D eigenvalue weighted by molar-refractivity contribution is 4.71. The van der Waals surface area contributed by atoms with Gasteiger partial charge in [0.15, 0.2) is 0 Å². The molecule has 1 aliphatic rings. The van der Waals surface area contributed by atoms with Crippen molar-refractivity contribution in [2.45, 2.75) is 57.9 Å². The first-order valence-electron chi connectivity index (χ1n) is 5.15. The van der Waals surface area contributed by atoms with E-state index < -0.39 is 0 Å². The van der Waals surface area contributed by atoms with Crippen molar-refractivity contribution in [1.29, 1.82) is 0 Å². The Kier molecular flexibility index (Phi) is 4.26. The van der Waals surface area contributed by atoms with Gasteiger partial charge in [-0.05, 0) is 18.8 Å². The second kappa shape index (κ2) is 5.28. The van der Waals surface area contributed by atoms with Crippen molar-refractivity contribution in [1.82, 2.24) is 0 Å². The van der Waals surface area contributed by atoms with Crippen LogP contribution in [0.25, 0.3) is 0 Å². The first-order chi connectivity index (χ1) is 5.83. The molecule has 1 fully saturated rings. The molecule has 1 saturated carbocycles. The van der Waals surface area contributed by atoms with E-state index in [1.807, 2.05) is 0 Å². The molecule has 0 bridgehead atoms. The molecule has 0 aliphatic heterocycles. The van der Waals surface area contributed by atoms with E-state index in [-0.39, 0.29) is 6.04 Å². The van der Waals surface area contributed by atoms with Gasteiger partial charge in [0.25, 0.3) is 0 Å². The molecule has 0 N–H and O–H groups in total. The summed E-state index contributed by atoms with van der Waals surface area (Å²) in [6.45, 7) is 2.24. The lowest BCUT2D eigenvalue weighted by Crippen LogP contribution is -2.08. The molecule has 2 unspecified atom stereocenters. The van der Waals surface area contributed by atoms with Crippen molar-refractivity contribution in [2.75, 3.05) is 0 Å². The molecule has 2 heteroatoms. The Bertz CT molecular complexity index is 136. The van der Waals surface area contributed by atoms with Gasteiger partial charge in [-0.15, -0.1) is 0 Å². The molecule has 0 radical (unpaired) electrons. The highest BCUT2D eigenvalue weighted by Crippen LogP contribution is 2.23. The van der Waals surface area contributed by atoms with Crippen molar-refractivity contribution in [2.24, 2.45) is 11.1 Å². The van der Waals surface area contributed by atoms with Gasteiger partial charge in [0, 0.05) is 0 Å². The summed E-state index contributed by atoms with van der Waals surface area (Å²) in [7, 11) is 0. The second-order valence-corrected chi connectivity index (χ2v) is 4.09. The summed E-state index contributed by atoms with van der Waals surface area (Å²) in [6.07, 6.45) is 8.49. The number of hydrogen-bond acceptors (Lipinski definition) is 2. The first-order valence-corrected chi connectivity index (χ1v) is 5.15. The zero-order valence-corrected chi connectivity index (χ0v) is 7.96. The summed E-state index contributed by atoms with van der Waals surface area (Å²) < 4.78 is 0. The topological polar surface area (TPSA) is 29.4 Å². The van der Waals surface area contributed by atoms with E-state index in [4.69, 9.17) is 0 Å². The van der Waals surface area contributed by atoms with E-state index in [1.54, 1.807) is 0 Å². The van der Waals surface area contributed by atoms with Gasteiger partial charge in [0.2, 0.25) is 0 Å². The van der Waals surface area contributed by atoms with Crippen LogP contribution in [0.5, 0.6) is 0 Å². The van der Waals surface area contributed by atoms with Crippen LogP contribution in [0.15, 0.2) is 5.18 Å². The standard InChI is InChI=1S/C10H19NO/c1-9-6-4-2-3-5-7-10(8-9)11-12/h9-10H,2-8H2,1H3. The summed E-state index contributed by atoms with van der Waals surface area (Å²) >= 11 is 0. The molecule has 0 saturated heterocycles. The summed E-state index contributed by atoms with van der Waals surface area (Å²) in [5.41, 5.74) is 0. The Balaban J connectivity index is 2.37. The van der Waals surface area contributed by atoms with Crippen molar-refractivity contribution in [3.8, 4) is 0 Å². The predicted octanol–water partition coefficient (Wildman–Crippen LogP) is 3.50. The Morgan fingerprint density at radius 2 is 1.75 bits per heavy atom. The average Bonchev–Trinajstić information content (AvgIpc) is 2.16. The highest BCUT2D eigenvalue weighted by atomic mass is 16.3. The highest BCUT2D eigenvalue weighted by Gasteiger charge is 2.14. The summed E-state index contributed by atoms with van der Waals surface area (Å²) in [5, 5.41) is 3.19. The van der Waals surface area contributed by atoms with Crippen LogP contribution in [0, 0.1) is 10.8 Å². The van der Waals surface area contributed by atoms with E-state index in [0.717, 1.165) is 12.8 Å². The molecular weight excluding hydrogens is 150 g/mol. The number of nitrogens with zero attached hydrogens (tertiary/aromatic N) is 1. The maximum Gasteiger partial charge on any atom is 0.0922 e. The normalized spacial score (nSPS) is 33.1. The van der Waals surface area contributed by atoms with Crippen LogP contribution in [0.3, 0.4) is 0 Å². The minimum atomic E-state index is 0.109. The van der Waals surface area contributed by atoms with Crippen molar-refractivity contribution in [3.63, 3.8) is 0 Å². The van der Waals surface area contributed by atoms with Gasteiger partial charge in [0.05, 0.1) is 6.04 Å². The smallest absolute Gasteiger partial charge is 0.0922 e. The molecule has 0 amide bonds. The van der Waals surface area contributed by atoms with Crippen LogP contribution < -0.4 is 0 Å². The molecule has 12 heavy (non-hydrogen) atoms. The van der Waals surface area contributed by atoms with Gasteiger partial charge in [-0.2, -0.15) is 4.91 Å². The Morgan fingerprint density at radius 1 is 1.08 bits per heavy atom. The van der Waals surface area contributed by atoms with Crippen LogP contribution in [0.4, 0.5) is 0 Å². The van der Waals surface area contributed by atoms with Gasteiger partial charge in [-0.25, -0.2) is 0 Å². The third-order valence-electron chi connectivity index (χ3n) is 2.81. The summed E-state index contributed by atoms with van der Waals surface area (Å²) in [5.74, 6) is 0.700. The fourth-order valence-corrected chi connectivity index (χ4v) is 2.02. The zero-order chi connectivity index (χ0) is 8.81. The van der Waals surface area contributed by atoms with E-state index in [0.29, 0.717) is 5.92 Å². The Hall–Kier alpha value is -0.400. The maximum atomic E-state index is 10.4. The predicted molar refractivity (Wildman–Crippen MR) is 51.1 cm³/mol. The van der Waals surface area contributed by atoms with Gasteiger partial charge in [-0.3, -0.25) is 0 Å². The van der Waals surface area contributed by atoms with Crippen molar-refractivity contribution >= 4 is 0 Å². The molecule has 0 aromatic carbocycles. The van der Waals surface area contributed by atoms with Gasteiger partial charge < -0.3 is 0 Å². The zero-order valence-electron chi connectivity index (χ0n) is 7.96. The van der Waals surface area contributed by atoms with Gasteiger partial charge >= 0.3 is 0 Å². The molecule has 1 rings (SSSR count). The van der Waals surface area contributed by atoms with Crippen LogP contribution in [-0.4, -0.2) is 6.04 Å². The van der Waals surface area contributed by atoms with Crippen molar-refractivity contribution < 1.29 is 0 Å². The lowest BCUT2D eigenvalue weighted by Gasteiger charge is -2.12. The molecule has 0 aromatic heterocycles. The molecule has 0 aromatic rings. The van der Waals surface area contributed by atoms with Crippen LogP contribution in [0.2, 0.25) is 0 Å². The quantitative estimate of drug-likeness (QED) is 0.552. The van der Waals surface area contributed by atoms with E-state index in [2.05, 4.69) is 12.1 Å². The Morgan fingerprint density at radius 3 is 2.42 bits per heavy atom. The minimum absolute atomic E-state index is 0.109. The monoisotopic (exact) mass is 169 g/mol. The minimum Gasteiger partial charge on any atom is -0.151 e. The fraction of sp³-hybridized carbons (Fsp3) is 1.00. The largest absolute Gasteiger partial charge is 0.151 e. The molecule has 2 nitrogen and oxygen atoms in total. The lowest BCUT2D eigenvalue weighted by molar-refractivity contribution is 0.427. The molecule has 2 atom stereocenters. The first kappa shape index (κ1) is 9.69. The van der Waals surface area contributed by atoms with E-state index in [9.17, 15) is 4.91 Å². The number of hydrogen-bond donors (Lipinski definition) is 0. The third-order valence-corrected chi connectivity index (χ3v) is 2.81. The maximum absolute atomic E-state index is 10.4. The summed E-state index contributed by atoms with van der Waals surface area (Å²) in [6, 6.07) is 0.109. The van der Waals surface area contributed by atoms with E-state index >= 15 is 0 Å². The molecule has 0 heterocycles. The Labute approximate surface area is 74.7 Å². The fourth-order valence-electron chi connectivity index (χ4n) is 2.02. The van der Waals surface area contributed by atoms with Gasteiger partial charge in [-0.1, -0.05) is 44.2 Å². The molecule has 1 aliphatic carbocycles. The summed E-state index contributed by atoms with van der Waals surface area (Å²) in [4.78, 5) is 10.4. The second-order valence-electron chi connectivity index (χ2n) is 4.09. The van der Waals surface area contributed by atoms with Crippen LogP contribution >= 0.6 is 0 Å². The number of rotatable bonds is 1. The van der Waals surface area contributed by atoms with Gasteiger partial charge in [0.1, 0.15) is 0 Å². The lowest BCUT2D eigenvalue weighted by atomic mass is 9.96. The molecule has 70 valence electrons. The van der Waals surface area contributed by atoms with Crippen LogP contribution in [0.1, 0.15) is 51.9 Å². The molecule has 0 spiro atoms. The third kappa shape index (κ3) is 3.33. The average molecular weight is 169 g/mol. The SMILES string of the molecule is CC1CCCCCCC(N=O)C1.